The molecule has 0 spiro atoms. The summed E-state index contributed by atoms with van der Waals surface area (Å²) in [5.74, 6) is -3.29. The van der Waals surface area contributed by atoms with Crippen molar-refractivity contribution in [3.63, 3.8) is 0 Å². The predicted molar refractivity (Wildman–Crippen MR) is 122 cm³/mol. The third-order valence-corrected chi connectivity index (χ3v) is 6.51. The molecule has 8 nitrogen and oxygen atoms in total. The number of aromatic nitrogens is 1. The molecule has 3 aromatic rings. The second-order valence-corrected chi connectivity index (χ2v) is 8.30. The second-order valence-electron chi connectivity index (χ2n) is 7.32. The van der Waals surface area contributed by atoms with Crippen molar-refractivity contribution in [3.05, 3.63) is 81.6 Å². The Balaban J connectivity index is 1.94. The van der Waals surface area contributed by atoms with E-state index in [9.17, 15) is 23.9 Å². The number of esters is 1. The van der Waals surface area contributed by atoms with Crippen molar-refractivity contribution in [3.8, 4) is 5.75 Å². The van der Waals surface area contributed by atoms with Gasteiger partial charge in [-0.15, -0.1) is 0 Å². The van der Waals surface area contributed by atoms with Crippen LogP contribution in [0.5, 0.6) is 5.75 Å². The molecule has 0 radical (unpaired) electrons. The molecule has 10 heteroatoms. The van der Waals surface area contributed by atoms with Gasteiger partial charge in [-0.05, 0) is 37.3 Å². The number of Topliss-reactive ketones (excluding diaryl/α,β-unsaturated/α-hetero) is 1. The number of anilines is 1. The van der Waals surface area contributed by atoms with Crippen molar-refractivity contribution in [2.45, 2.75) is 13.0 Å². The Kier molecular flexibility index (Phi) is 6.16. The molecular weight excluding hydrogens is 463 g/mol. The van der Waals surface area contributed by atoms with E-state index in [2.05, 4.69) is 4.98 Å². The highest BCUT2D eigenvalue weighted by molar-refractivity contribution is 7.17. The lowest BCUT2D eigenvalue weighted by Gasteiger charge is -2.23. The number of rotatable bonds is 5. The molecule has 2 heterocycles. The summed E-state index contributed by atoms with van der Waals surface area (Å²) in [4.78, 5) is 43.8. The van der Waals surface area contributed by atoms with E-state index in [4.69, 9.17) is 9.47 Å². The summed E-state index contributed by atoms with van der Waals surface area (Å²) in [6, 6.07) is 10.5. The van der Waals surface area contributed by atoms with E-state index < -0.39 is 35.3 Å². The zero-order chi connectivity index (χ0) is 24.6. The van der Waals surface area contributed by atoms with Crippen LogP contribution in [0, 0.1) is 12.7 Å². The van der Waals surface area contributed by atoms with Gasteiger partial charge in [0.15, 0.2) is 5.13 Å². The number of ketones is 1. The maximum absolute atomic E-state index is 14.9. The van der Waals surface area contributed by atoms with Crippen LogP contribution in [0.4, 0.5) is 9.52 Å². The number of benzene rings is 2. The van der Waals surface area contributed by atoms with Crippen LogP contribution >= 0.6 is 11.3 Å². The predicted octanol–water partition coefficient (Wildman–Crippen LogP) is 4.01. The summed E-state index contributed by atoms with van der Waals surface area (Å²) in [7, 11) is 2.69. The van der Waals surface area contributed by atoms with Crippen molar-refractivity contribution in [2.75, 3.05) is 19.1 Å². The maximum Gasteiger partial charge on any atom is 0.350 e. The SMILES string of the molecule is COC(=O)c1sc(N2C(=O)C(=O)C(=C(O)c3ccc(OC)cc3)[C@@H]2c2ccccc2F)nc1C. The van der Waals surface area contributed by atoms with E-state index in [0.717, 1.165) is 16.2 Å². The third-order valence-electron chi connectivity index (χ3n) is 5.37. The molecule has 0 saturated carbocycles. The fourth-order valence-corrected chi connectivity index (χ4v) is 4.70. The zero-order valence-electron chi connectivity index (χ0n) is 18.4. The van der Waals surface area contributed by atoms with E-state index in [1.54, 1.807) is 25.1 Å². The summed E-state index contributed by atoms with van der Waals surface area (Å²) in [5, 5.41) is 11.1. The number of ether oxygens (including phenoxy) is 2. The van der Waals surface area contributed by atoms with Gasteiger partial charge in [-0.1, -0.05) is 29.5 Å². The van der Waals surface area contributed by atoms with Crippen LogP contribution in [-0.4, -0.2) is 42.0 Å². The third kappa shape index (κ3) is 3.81. The maximum atomic E-state index is 14.9. The van der Waals surface area contributed by atoms with E-state index in [1.807, 2.05) is 0 Å². The summed E-state index contributed by atoms with van der Waals surface area (Å²) in [6.07, 6.45) is 0. The molecule has 1 amide bonds. The Bertz CT molecular complexity index is 1330. The molecule has 1 aliphatic heterocycles. The molecule has 34 heavy (non-hydrogen) atoms. The molecule has 4 rings (SSSR count). The molecule has 1 fully saturated rings. The highest BCUT2D eigenvalue weighted by Crippen LogP contribution is 2.44. The first-order valence-corrected chi connectivity index (χ1v) is 10.9. The Morgan fingerprint density at radius 1 is 1.12 bits per heavy atom. The van der Waals surface area contributed by atoms with Crippen LogP contribution in [0.3, 0.4) is 0 Å². The van der Waals surface area contributed by atoms with E-state index in [0.29, 0.717) is 5.75 Å². The number of aryl methyl sites for hydroxylation is 1. The molecule has 1 aromatic heterocycles. The van der Waals surface area contributed by atoms with Gasteiger partial charge in [-0.3, -0.25) is 14.5 Å². The Hall–Kier alpha value is -4.05. The van der Waals surface area contributed by atoms with Crippen LogP contribution < -0.4 is 9.64 Å². The molecule has 0 unspecified atom stereocenters. The summed E-state index contributed by atoms with van der Waals surface area (Å²) in [6.45, 7) is 1.55. The first kappa shape index (κ1) is 23.1. The molecule has 1 atom stereocenters. The lowest BCUT2D eigenvalue weighted by atomic mass is 9.95. The number of hydrogen-bond donors (Lipinski definition) is 1. The van der Waals surface area contributed by atoms with Crippen molar-refractivity contribution in [1.29, 1.82) is 0 Å². The minimum absolute atomic E-state index is 0.00188. The number of methoxy groups -OCH3 is 2. The Morgan fingerprint density at radius 3 is 2.41 bits per heavy atom. The lowest BCUT2D eigenvalue weighted by Crippen LogP contribution is -2.29. The molecule has 1 N–H and O–H groups in total. The van der Waals surface area contributed by atoms with Gasteiger partial charge >= 0.3 is 11.9 Å². The molecule has 1 saturated heterocycles. The van der Waals surface area contributed by atoms with E-state index in [1.165, 1.54) is 44.6 Å². The molecular formula is C24H19FN2O6S. The number of thiazole rings is 1. The number of amides is 1. The van der Waals surface area contributed by atoms with Gasteiger partial charge in [0.1, 0.15) is 28.2 Å². The summed E-state index contributed by atoms with van der Waals surface area (Å²) < 4.78 is 24.8. The fourth-order valence-electron chi connectivity index (χ4n) is 3.69. The van der Waals surface area contributed by atoms with Gasteiger partial charge in [-0.2, -0.15) is 0 Å². The highest BCUT2D eigenvalue weighted by Gasteiger charge is 2.49. The summed E-state index contributed by atoms with van der Waals surface area (Å²) in [5.41, 5.74) is 0.221. The van der Waals surface area contributed by atoms with Gasteiger partial charge in [0.05, 0.1) is 25.5 Å². The van der Waals surface area contributed by atoms with Crippen molar-refractivity contribution in [1.82, 2.24) is 4.98 Å². The topological polar surface area (TPSA) is 106 Å². The van der Waals surface area contributed by atoms with E-state index in [-0.39, 0.29) is 32.4 Å². The van der Waals surface area contributed by atoms with Crippen LogP contribution in [0.1, 0.15) is 32.5 Å². The molecule has 1 aliphatic rings. The molecule has 174 valence electrons. The molecule has 0 bridgehead atoms. The van der Waals surface area contributed by atoms with Crippen LogP contribution in [0.2, 0.25) is 0 Å². The summed E-state index contributed by atoms with van der Waals surface area (Å²) >= 11 is 0.838. The van der Waals surface area contributed by atoms with Crippen LogP contribution in [0.15, 0.2) is 54.1 Å². The van der Waals surface area contributed by atoms with Gasteiger partial charge in [0.2, 0.25) is 0 Å². The quantitative estimate of drug-likeness (QED) is 0.253. The highest BCUT2D eigenvalue weighted by atomic mass is 32.1. The fraction of sp³-hybridized carbons (Fsp3) is 0.167. The first-order valence-electron chi connectivity index (χ1n) is 10.0. The van der Waals surface area contributed by atoms with E-state index >= 15 is 0 Å². The number of nitrogens with zero attached hydrogens (tertiary/aromatic N) is 2. The standard InChI is InChI=1S/C24H19FN2O6S/c1-12-21(23(31)33-3)34-24(26-12)27-18(15-6-4-5-7-16(15)25)17(20(29)22(27)30)19(28)13-8-10-14(32-2)11-9-13/h4-11,18,28H,1-3H3/t18-/m0/s1. The minimum atomic E-state index is -1.31. The normalized spacial score (nSPS) is 17.2. The first-order chi connectivity index (χ1) is 16.3. The Labute approximate surface area is 197 Å². The number of carbonyl (C=O) groups is 3. The van der Waals surface area contributed by atoms with Crippen LogP contribution in [0.25, 0.3) is 5.76 Å². The zero-order valence-corrected chi connectivity index (χ0v) is 19.2. The lowest BCUT2D eigenvalue weighted by molar-refractivity contribution is -0.132. The average molecular weight is 482 g/mol. The molecule has 2 aromatic carbocycles. The smallest absolute Gasteiger partial charge is 0.350 e. The van der Waals surface area contributed by atoms with Gasteiger partial charge < -0.3 is 14.6 Å². The second kappa shape index (κ2) is 9.06. The number of hydrogen-bond acceptors (Lipinski definition) is 8. The van der Waals surface area contributed by atoms with Crippen molar-refractivity contribution < 1.29 is 33.4 Å². The van der Waals surface area contributed by atoms with Gasteiger partial charge in [-0.25, -0.2) is 14.2 Å². The molecule has 0 aliphatic carbocycles. The minimum Gasteiger partial charge on any atom is -0.507 e. The number of carbonyl (C=O) groups excluding carboxylic acids is 3. The van der Waals surface area contributed by atoms with Gasteiger partial charge in [0.25, 0.3) is 5.78 Å². The largest absolute Gasteiger partial charge is 0.507 e. The number of halogens is 1. The Morgan fingerprint density at radius 2 is 1.79 bits per heavy atom. The number of aliphatic hydroxyl groups is 1. The van der Waals surface area contributed by atoms with Gasteiger partial charge in [0, 0.05) is 11.1 Å². The average Bonchev–Trinajstić information content (AvgIpc) is 3.35. The van der Waals surface area contributed by atoms with Crippen LogP contribution in [-0.2, 0) is 14.3 Å². The van der Waals surface area contributed by atoms with Crippen molar-refractivity contribution in [2.24, 2.45) is 0 Å². The van der Waals surface area contributed by atoms with Crippen molar-refractivity contribution >= 4 is 39.9 Å². The monoisotopic (exact) mass is 482 g/mol. The number of aliphatic hydroxyl groups excluding tert-OH is 1.